The Labute approximate surface area is 333 Å². The van der Waals surface area contributed by atoms with Crippen LogP contribution < -0.4 is 20.3 Å². The highest BCUT2D eigenvalue weighted by Crippen LogP contribution is 2.45. The molecule has 6 rings (SSSR count). The van der Waals surface area contributed by atoms with E-state index < -0.39 is 11.0 Å². The lowest BCUT2D eigenvalue weighted by Gasteiger charge is -2.28. The summed E-state index contributed by atoms with van der Waals surface area (Å²) >= 11 is 13.7. The minimum Gasteiger partial charge on any atom is -0.495 e. The van der Waals surface area contributed by atoms with Gasteiger partial charge in [0.05, 0.1) is 67.6 Å². The number of ketones is 1. The van der Waals surface area contributed by atoms with Crippen LogP contribution in [0.5, 0.6) is 11.5 Å². The summed E-state index contributed by atoms with van der Waals surface area (Å²) in [7, 11) is 6.83. The number of hydrogen-bond acceptors (Lipinski definition) is 10. The van der Waals surface area contributed by atoms with Gasteiger partial charge in [-0.3, -0.25) is 14.6 Å². The molecule has 0 radical (unpaired) electrons. The number of pyridine rings is 3. The van der Waals surface area contributed by atoms with Gasteiger partial charge < -0.3 is 34.0 Å². The van der Waals surface area contributed by atoms with E-state index in [1.807, 2.05) is 57.4 Å². The number of likely N-dealkylation sites (N-methyl/N-ethyl adjacent to an activating group) is 1. The van der Waals surface area contributed by atoms with Gasteiger partial charge in [0.25, 0.3) is 5.56 Å². The molecular formula is C41H40Cl2N7O6+. The maximum absolute atomic E-state index is 14.8. The van der Waals surface area contributed by atoms with Crippen LogP contribution in [0.25, 0.3) is 22.0 Å². The molecule has 0 aliphatic carbocycles. The normalized spacial score (nSPS) is 13.4. The van der Waals surface area contributed by atoms with Gasteiger partial charge in [0.2, 0.25) is 0 Å². The molecule has 56 heavy (non-hydrogen) atoms. The molecule has 1 atom stereocenters. The van der Waals surface area contributed by atoms with Gasteiger partial charge in [0.1, 0.15) is 30.1 Å². The van der Waals surface area contributed by atoms with Crippen molar-refractivity contribution >= 4 is 57.6 Å². The summed E-state index contributed by atoms with van der Waals surface area (Å²) in [6, 6.07) is 15.7. The number of aliphatic imine (C=N–C) groups is 1. The van der Waals surface area contributed by atoms with Gasteiger partial charge in [0.15, 0.2) is 5.78 Å². The van der Waals surface area contributed by atoms with Gasteiger partial charge >= 0.3 is 5.82 Å². The first kappa shape index (κ1) is 39.8. The van der Waals surface area contributed by atoms with Crippen LogP contribution in [0.3, 0.4) is 0 Å². The lowest BCUT2D eigenvalue weighted by atomic mass is 9.99. The molecule has 3 aromatic heterocycles. The lowest BCUT2D eigenvalue weighted by molar-refractivity contribution is -0.880. The average Bonchev–Trinajstić information content (AvgIpc) is 3.63. The van der Waals surface area contributed by atoms with E-state index in [1.165, 1.54) is 14.2 Å². The molecule has 0 fully saturated rings. The summed E-state index contributed by atoms with van der Waals surface area (Å²) in [5.74, 6) is 0.879. The van der Waals surface area contributed by atoms with Crippen molar-refractivity contribution in [3.05, 3.63) is 138 Å². The highest BCUT2D eigenvalue weighted by molar-refractivity contribution is 6.41. The van der Waals surface area contributed by atoms with Gasteiger partial charge in [-0.05, 0) is 53.3 Å². The Kier molecular flexibility index (Phi) is 12.0. The number of carbonyl (C=O) groups is 1. The van der Waals surface area contributed by atoms with E-state index >= 15 is 0 Å². The minimum atomic E-state index is -0.534. The molecule has 288 valence electrons. The third kappa shape index (κ3) is 8.65. The Bertz CT molecular complexity index is 2450. The van der Waals surface area contributed by atoms with Gasteiger partial charge in [-0.2, -0.15) is 0 Å². The van der Waals surface area contributed by atoms with Gasteiger partial charge in [-0.1, -0.05) is 52.5 Å². The summed E-state index contributed by atoms with van der Waals surface area (Å²) < 4.78 is 13.1. The van der Waals surface area contributed by atoms with Crippen LogP contribution >= 0.6 is 23.2 Å². The molecular weight excluding hydrogens is 757 g/mol. The molecule has 0 amide bonds. The lowest BCUT2D eigenvalue weighted by Crippen LogP contribution is -2.41. The van der Waals surface area contributed by atoms with Crippen molar-refractivity contribution in [1.29, 1.82) is 0 Å². The van der Waals surface area contributed by atoms with Crippen LogP contribution in [0.1, 0.15) is 30.5 Å². The summed E-state index contributed by atoms with van der Waals surface area (Å²) in [4.78, 5) is 51.5. The Morgan fingerprint density at radius 2 is 1.79 bits per heavy atom. The molecule has 0 spiro atoms. The van der Waals surface area contributed by atoms with Crippen LogP contribution in [0.2, 0.25) is 10.0 Å². The Balaban J connectivity index is 1.34. The van der Waals surface area contributed by atoms with Gasteiger partial charge in [0, 0.05) is 60.2 Å². The SMILES string of the molecule is COc1cc(OC)c(Cl)c(-c2cc3cnc(Nc4ccncc4)cc3n(C(C)c3cccc(CC(=O)/C=C/C[N+](C)(C)CC4=C([N+](=O)[O-])N=CC4)c3)c2=O)c1Cl. The number of benzene rings is 2. The smallest absolute Gasteiger partial charge is 0.368 e. The fourth-order valence-corrected chi connectivity index (χ4v) is 7.43. The van der Waals surface area contributed by atoms with Crippen molar-refractivity contribution in [2.24, 2.45) is 4.99 Å². The van der Waals surface area contributed by atoms with E-state index in [4.69, 9.17) is 32.7 Å². The number of methoxy groups -OCH3 is 2. The second-order valence-corrected chi connectivity index (χ2v) is 14.7. The molecule has 13 nitrogen and oxygen atoms in total. The summed E-state index contributed by atoms with van der Waals surface area (Å²) in [5.41, 5.74) is 3.68. The number of anilines is 2. The standard InChI is InChI=1S/C41H39Cl2N7O6/c1-25(27-9-6-8-26(18-27)19-31(51)10-7-17-50(2,3)24-28-11-16-45-40(28)49(53)54)48-33-21-36(47-30-12-14-44-15-13-30)46-23-29(33)20-32(41(48)52)37-38(42)34(55-4)22-35(56-5)39(37)43/h6-10,12-16,18,20-23,25H,11,17,19,24H2,1-5H3/p+1/b10-7+. The molecule has 1 N–H and O–H groups in total. The van der Waals surface area contributed by atoms with Crippen molar-refractivity contribution in [2.45, 2.75) is 25.8 Å². The number of rotatable bonds is 15. The van der Waals surface area contributed by atoms with Crippen LogP contribution in [0.15, 0.2) is 107 Å². The number of aromatic nitrogens is 3. The quantitative estimate of drug-likeness (QED) is 0.0484. The molecule has 1 aliphatic rings. The van der Waals surface area contributed by atoms with Crippen molar-refractivity contribution < 1.29 is 23.7 Å². The molecule has 4 heterocycles. The van der Waals surface area contributed by atoms with Crippen molar-refractivity contribution in [1.82, 2.24) is 14.5 Å². The number of halogens is 2. The first-order valence-corrected chi connectivity index (χ1v) is 18.4. The number of ether oxygens (including phenoxy) is 2. The molecule has 0 bridgehead atoms. The number of nitrogens with one attached hydrogen (secondary N) is 1. The second-order valence-electron chi connectivity index (χ2n) is 13.9. The van der Waals surface area contributed by atoms with Crippen LogP contribution in [0.4, 0.5) is 11.5 Å². The first-order chi connectivity index (χ1) is 26.8. The number of hydrogen-bond donors (Lipinski definition) is 1. The highest BCUT2D eigenvalue weighted by atomic mass is 35.5. The van der Waals surface area contributed by atoms with Crippen LogP contribution in [-0.2, 0) is 11.2 Å². The third-order valence-electron chi connectivity index (χ3n) is 9.48. The third-order valence-corrected chi connectivity index (χ3v) is 10.2. The van der Waals surface area contributed by atoms with Gasteiger partial charge in [-0.15, -0.1) is 0 Å². The van der Waals surface area contributed by atoms with E-state index in [9.17, 15) is 19.7 Å². The van der Waals surface area contributed by atoms with Crippen LogP contribution in [0, 0.1) is 10.1 Å². The van der Waals surface area contributed by atoms with E-state index in [0.29, 0.717) is 46.3 Å². The zero-order valence-electron chi connectivity index (χ0n) is 31.5. The molecule has 1 unspecified atom stereocenters. The van der Waals surface area contributed by atoms with Crippen molar-refractivity contribution in [3.8, 4) is 22.6 Å². The molecule has 1 aliphatic heterocycles. The highest BCUT2D eigenvalue weighted by Gasteiger charge is 2.28. The van der Waals surface area contributed by atoms with E-state index in [-0.39, 0.29) is 56.3 Å². The van der Waals surface area contributed by atoms with Gasteiger partial charge in [-0.25, -0.2) is 4.98 Å². The first-order valence-electron chi connectivity index (χ1n) is 17.6. The monoisotopic (exact) mass is 796 g/mol. The molecule has 15 heteroatoms. The summed E-state index contributed by atoms with van der Waals surface area (Å²) in [5, 5.41) is 15.6. The predicted octanol–water partition coefficient (Wildman–Crippen LogP) is 7.84. The van der Waals surface area contributed by atoms with Crippen molar-refractivity contribution in [2.75, 3.05) is 46.7 Å². The second kappa shape index (κ2) is 16.9. The molecule has 5 aromatic rings. The zero-order valence-corrected chi connectivity index (χ0v) is 33.0. The molecule has 0 saturated heterocycles. The van der Waals surface area contributed by atoms with E-state index in [1.54, 1.807) is 59.7 Å². The number of nitrogens with zero attached hydrogens (tertiary/aromatic N) is 6. The maximum Gasteiger partial charge on any atom is 0.368 e. The largest absolute Gasteiger partial charge is 0.495 e. The number of allylic oxidation sites excluding steroid dienone is 1. The maximum atomic E-state index is 14.8. The average molecular weight is 798 g/mol. The fourth-order valence-electron chi connectivity index (χ4n) is 6.73. The van der Waals surface area contributed by atoms with E-state index in [2.05, 4.69) is 20.3 Å². The number of carbonyl (C=O) groups excluding carboxylic acids is 1. The molecule has 2 aromatic carbocycles. The summed E-state index contributed by atoms with van der Waals surface area (Å²) in [6.45, 7) is 2.83. The summed E-state index contributed by atoms with van der Waals surface area (Å²) in [6.07, 6.45) is 10.5. The Morgan fingerprint density at radius 1 is 1.07 bits per heavy atom. The predicted molar refractivity (Wildman–Crippen MR) is 219 cm³/mol. The number of fused-ring (bicyclic) bond motifs is 1. The fraction of sp³-hybridized carbons (Fsp3) is 0.244. The van der Waals surface area contributed by atoms with Crippen molar-refractivity contribution in [3.63, 3.8) is 0 Å². The Morgan fingerprint density at radius 3 is 2.46 bits per heavy atom. The Hall–Kier alpha value is -5.89. The van der Waals surface area contributed by atoms with E-state index in [0.717, 1.165) is 16.8 Å². The topological polar surface area (TPSA) is 151 Å². The number of quaternary nitrogens is 1. The number of nitro groups is 1. The van der Waals surface area contributed by atoms with Crippen LogP contribution in [-0.4, -0.2) is 77.3 Å². The molecule has 0 saturated carbocycles. The minimum absolute atomic E-state index is 0.0980. The zero-order chi connectivity index (χ0) is 40.1.